The van der Waals surface area contributed by atoms with E-state index in [4.69, 9.17) is 12.2 Å². The third-order valence-electron chi connectivity index (χ3n) is 2.38. The van der Waals surface area contributed by atoms with Crippen molar-refractivity contribution in [1.82, 2.24) is 5.32 Å². The monoisotopic (exact) mass is 235 g/mol. The number of carbonyl (C=O) groups excluding carboxylic acids is 1. The molecule has 86 valence electrons. The number of Topliss-reactive ketones (excluding diaryl/α,β-unsaturated/α-hetero) is 1. The molecule has 16 heavy (non-hydrogen) atoms. The molecular weight excluding hydrogens is 218 g/mol. The molecule has 2 nitrogen and oxygen atoms in total. The number of rotatable bonds is 5. The van der Waals surface area contributed by atoms with Crippen molar-refractivity contribution in [3.05, 3.63) is 35.9 Å². The molecule has 0 aliphatic carbocycles. The molecule has 3 heteroatoms. The molecule has 0 aromatic heterocycles. The van der Waals surface area contributed by atoms with Gasteiger partial charge in [0.05, 0.1) is 4.99 Å². The predicted molar refractivity (Wildman–Crippen MR) is 70.5 cm³/mol. The van der Waals surface area contributed by atoms with Gasteiger partial charge in [-0.1, -0.05) is 42.5 Å². The molecule has 0 saturated carbocycles. The Morgan fingerprint density at radius 3 is 2.50 bits per heavy atom. The van der Waals surface area contributed by atoms with Gasteiger partial charge in [0.15, 0.2) is 0 Å². The van der Waals surface area contributed by atoms with Gasteiger partial charge in [-0.25, -0.2) is 0 Å². The molecule has 0 fully saturated rings. The lowest BCUT2D eigenvalue weighted by molar-refractivity contribution is -0.116. The fourth-order valence-corrected chi connectivity index (χ4v) is 1.71. The van der Waals surface area contributed by atoms with Crippen molar-refractivity contribution >= 4 is 23.0 Å². The van der Waals surface area contributed by atoms with Gasteiger partial charge in [0.1, 0.15) is 5.78 Å². The highest BCUT2D eigenvalue weighted by Crippen LogP contribution is 2.11. The number of benzene rings is 1. The van der Waals surface area contributed by atoms with E-state index in [0.29, 0.717) is 12.8 Å². The number of thiocarbonyl (C=S) groups is 1. The van der Waals surface area contributed by atoms with Crippen molar-refractivity contribution in [3.8, 4) is 0 Å². The van der Waals surface area contributed by atoms with Crippen LogP contribution in [0.4, 0.5) is 0 Å². The molecule has 0 heterocycles. The molecule has 1 aromatic rings. The fraction of sp³-hybridized carbons (Fsp3) is 0.385. The lowest BCUT2D eigenvalue weighted by Crippen LogP contribution is -2.25. The minimum Gasteiger partial charge on any atom is -0.373 e. The Morgan fingerprint density at radius 1 is 1.31 bits per heavy atom. The minimum atomic E-state index is 0.177. The summed E-state index contributed by atoms with van der Waals surface area (Å²) in [6.07, 6.45) is 1.16. The summed E-state index contributed by atoms with van der Waals surface area (Å²) in [6.45, 7) is 3.65. The van der Waals surface area contributed by atoms with Gasteiger partial charge in [0.25, 0.3) is 0 Å². The molecule has 1 atom stereocenters. The highest BCUT2D eigenvalue weighted by Gasteiger charge is 2.06. The Hall–Kier alpha value is -1.22. The van der Waals surface area contributed by atoms with Crippen LogP contribution in [-0.4, -0.2) is 10.8 Å². The van der Waals surface area contributed by atoms with E-state index >= 15 is 0 Å². The van der Waals surface area contributed by atoms with Gasteiger partial charge in [-0.05, 0) is 19.4 Å². The summed E-state index contributed by atoms with van der Waals surface area (Å²) < 4.78 is 0. The van der Waals surface area contributed by atoms with E-state index in [2.05, 4.69) is 24.4 Å². The van der Waals surface area contributed by atoms with E-state index in [-0.39, 0.29) is 11.8 Å². The molecule has 0 unspecified atom stereocenters. The number of ketones is 1. The fourth-order valence-electron chi connectivity index (χ4n) is 1.43. The number of hydrogen-bond acceptors (Lipinski definition) is 2. The summed E-state index contributed by atoms with van der Waals surface area (Å²) in [7, 11) is 0. The maximum atomic E-state index is 10.8. The van der Waals surface area contributed by atoms with Gasteiger partial charge in [-0.15, -0.1) is 0 Å². The third-order valence-corrected chi connectivity index (χ3v) is 2.70. The molecular formula is C13H17NOS. The number of carbonyl (C=O) groups is 1. The lowest BCUT2D eigenvalue weighted by atomic mass is 10.1. The smallest absolute Gasteiger partial charge is 0.130 e. The van der Waals surface area contributed by atoms with Crippen molar-refractivity contribution in [1.29, 1.82) is 0 Å². The quantitative estimate of drug-likeness (QED) is 0.795. The van der Waals surface area contributed by atoms with Crippen LogP contribution in [0.1, 0.15) is 38.3 Å². The van der Waals surface area contributed by atoms with Crippen LogP contribution < -0.4 is 5.32 Å². The Balaban J connectivity index is 2.43. The predicted octanol–water partition coefficient (Wildman–Crippen LogP) is 3.03. The van der Waals surface area contributed by atoms with Gasteiger partial charge in [-0.2, -0.15) is 0 Å². The highest BCUT2D eigenvalue weighted by molar-refractivity contribution is 7.80. The van der Waals surface area contributed by atoms with E-state index < -0.39 is 0 Å². The van der Waals surface area contributed by atoms with Crippen molar-refractivity contribution in [2.75, 3.05) is 0 Å². The maximum absolute atomic E-state index is 10.8. The molecule has 0 aliphatic heterocycles. The zero-order chi connectivity index (χ0) is 12.0. The zero-order valence-electron chi connectivity index (χ0n) is 9.69. The molecule has 0 amide bonds. The minimum absolute atomic E-state index is 0.177. The topological polar surface area (TPSA) is 29.1 Å². The normalized spacial score (nSPS) is 11.9. The molecule has 0 radical (unpaired) electrons. The van der Waals surface area contributed by atoms with Crippen molar-refractivity contribution < 1.29 is 4.79 Å². The molecule has 1 rings (SSSR count). The van der Waals surface area contributed by atoms with Crippen LogP contribution in [-0.2, 0) is 4.79 Å². The summed E-state index contributed by atoms with van der Waals surface area (Å²) in [4.78, 5) is 11.6. The van der Waals surface area contributed by atoms with Crippen LogP contribution in [0.3, 0.4) is 0 Å². The molecule has 1 aromatic carbocycles. The first-order valence-corrected chi connectivity index (χ1v) is 5.84. The second-order valence-corrected chi connectivity index (χ2v) is 4.39. The number of hydrogen-bond donors (Lipinski definition) is 1. The SMILES string of the molecule is CC(=O)CCC(=S)N[C@@H](C)c1ccccc1. The Labute approximate surface area is 102 Å². The molecule has 0 saturated heterocycles. The van der Waals surface area contributed by atoms with E-state index in [1.807, 2.05) is 18.2 Å². The van der Waals surface area contributed by atoms with Gasteiger partial charge in [-0.3, -0.25) is 0 Å². The average molecular weight is 235 g/mol. The Morgan fingerprint density at radius 2 is 1.94 bits per heavy atom. The van der Waals surface area contributed by atoms with E-state index in [0.717, 1.165) is 4.99 Å². The van der Waals surface area contributed by atoms with Crippen LogP contribution >= 0.6 is 12.2 Å². The first kappa shape index (κ1) is 12.8. The van der Waals surface area contributed by atoms with Crippen LogP contribution in [0.5, 0.6) is 0 Å². The maximum Gasteiger partial charge on any atom is 0.130 e. The second-order valence-electron chi connectivity index (χ2n) is 3.90. The van der Waals surface area contributed by atoms with Crippen molar-refractivity contribution in [2.45, 2.75) is 32.7 Å². The highest BCUT2D eigenvalue weighted by atomic mass is 32.1. The summed E-state index contributed by atoms with van der Waals surface area (Å²) in [6, 6.07) is 10.3. The Kier molecular flexibility index (Phi) is 5.12. The molecule has 0 bridgehead atoms. The molecule has 1 N–H and O–H groups in total. The van der Waals surface area contributed by atoms with Gasteiger partial charge >= 0.3 is 0 Å². The van der Waals surface area contributed by atoms with Crippen molar-refractivity contribution in [3.63, 3.8) is 0 Å². The first-order valence-electron chi connectivity index (χ1n) is 5.43. The summed E-state index contributed by atoms with van der Waals surface area (Å²) in [5.74, 6) is 0.177. The summed E-state index contributed by atoms with van der Waals surface area (Å²) in [5, 5.41) is 3.23. The molecule has 0 spiro atoms. The van der Waals surface area contributed by atoms with Crippen LogP contribution in [0.2, 0.25) is 0 Å². The number of nitrogens with one attached hydrogen (secondary N) is 1. The van der Waals surface area contributed by atoms with E-state index in [1.165, 1.54) is 5.56 Å². The van der Waals surface area contributed by atoms with Gasteiger partial charge in [0, 0.05) is 18.9 Å². The summed E-state index contributed by atoms with van der Waals surface area (Å²) >= 11 is 5.19. The summed E-state index contributed by atoms with van der Waals surface area (Å²) in [5.41, 5.74) is 1.20. The average Bonchev–Trinajstić information content (AvgIpc) is 2.27. The van der Waals surface area contributed by atoms with Crippen LogP contribution in [0.15, 0.2) is 30.3 Å². The molecule has 0 aliphatic rings. The van der Waals surface area contributed by atoms with Gasteiger partial charge in [0.2, 0.25) is 0 Å². The lowest BCUT2D eigenvalue weighted by Gasteiger charge is -2.15. The van der Waals surface area contributed by atoms with Crippen LogP contribution in [0.25, 0.3) is 0 Å². The standard InChI is InChI=1S/C13H17NOS/c1-10(15)8-9-13(16)14-11(2)12-6-4-3-5-7-12/h3-7,11H,8-9H2,1-2H3,(H,14,16)/t11-/m0/s1. The third kappa shape index (κ3) is 4.53. The van der Waals surface area contributed by atoms with Crippen LogP contribution in [0, 0.1) is 0 Å². The second kappa shape index (κ2) is 6.38. The van der Waals surface area contributed by atoms with Crippen molar-refractivity contribution in [2.24, 2.45) is 0 Å². The largest absolute Gasteiger partial charge is 0.373 e. The first-order chi connectivity index (χ1) is 7.59. The zero-order valence-corrected chi connectivity index (χ0v) is 10.5. The van der Waals surface area contributed by atoms with E-state index in [1.54, 1.807) is 6.92 Å². The Bertz CT molecular complexity index is 361. The van der Waals surface area contributed by atoms with E-state index in [9.17, 15) is 4.79 Å². The van der Waals surface area contributed by atoms with Gasteiger partial charge < -0.3 is 10.1 Å².